The zero-order chi connectivity index (χ0) is 68.9. The summed E-state index contributed by atoms with van der Waals surface area (Å²) in [5.74, 6) is -14.8. The van der Waals surface area contributed by atoms with Crippen LogP contribution in [0.5, 0.6) is 69.0 Å². The van der Waals surface area contributed by atoms with Crippen LogP contribution in [0.15, 0.2) is 115 Å². The monoisotopic (exact) mass is 1380 g/mol. The number of rotatable bonds is 4. The third-order valence-electron chi connectivity index (χ3n) is 19.1. The number of nitrogens with one attached hydrogen (secondary N) is 7. The Morgan fingerprint density at radius 3 is 1.73 bits per heavy atom. The molecule has 15 N–H and O–H groups in total. The Hall–Kier alpha value is -11.0. The van der Waals surface area contributed by atoms with E-state index >= 15 is 24.0 Å². The quantitative estimate of drug-likeness (QED) is 0.0769. The second-order valence-corrected chi connectivity index (χ2v) is 26.6. The number of carbonyl (C=O) groups is 8. The number of fused-ring (bicyclic) bond motifs is 14. The minimum atomic E-state index is -2.21. The number of carboxylic acid groups (broad SMARTS) is 1. The lowest BCUT2D eigenvalue weighted by molar-refractivity contribution is -0.181. The Bertz CT molecular complexity index is 4550. The van der Waals surface area contributed by atoms with Gasteiger partial charge in [-0.2, -0.15) is 0 Å². The molecule has 6 amide bonds. The lowest BCUT2D eigenvalue weighted by atomic mass is 9.49. The van der Waals surface area contributed by atoms with E-state index in [0.717, 1.165) is 79.9 Å². The number of hydroxylamine groups is 1. The van der Waals surface area contributed by atoms with E-state index in [1.54, 1.807) is 0 Å². The fraction of sp³-hybridized carbons (Fsp3) is 0.275. The summed E-state index contributed by atoms with van der Waals surface area (Å²) in [4.78, 5) is 126. The van der Waals surface area contributed by atoms with Crippen LogP contribution in [0.2, 0.25) is 10.0 Å². The van der Waals surface area contributed by atoms with Crippen LogP contribution >= 0.6 is 23.2 Å². The van der Waals surface area contributed by atoms with Crippen molar-refractivity contribution in [2.24, 2.45) is 23.2 Å². The number of benzene rings is 7. The van der Waals surface area contributed by atoms with Crippen LogP contribution in [-0.4, -0.2) is 100 Å². The van der Waals surface area contributed by atoms with Gasteiger partial charge < -0.3 is 91.8 Å². The van der Waals surface area contributed by atoms with Crippen molar-refractivity contribution in [3.05, 3.63) is 164 Å². The summed E-state index contributed by atoms with van der Waals surface area (Å²) in [5.41, 5.74) is -0.315. The highest BCUT2D eigenvalue weighted by atomic mass is 35.5. The molecule has 8 atom stereocenters. The fourth-order valence-electron chi connectivity index (χ4n) is 14.9. The van der Waals surface area contributed by atoms with Crippen LogP contribution in [0.3, 0.4) is 0 Å². The fourth-order valence-corrected chi connectivity index (χ4v) is 15.4. The number of halogens is 2. The van der Waals surface area contributed by atoms with Crippen molar-refractivity contribution in [1.82, 2.24) is 37.4 Å². The van der Waals surface area contributed by atoms with Crippen LogP contribution in [0.25, 0.3) is 11.1 Å². The van der Waals surface area contributed by atoms with Crippen LogP contribution in [0, 0.1) is 23.2 Å². The highest BCUT2D eigenvalue weighted by Crippen LogP contribution is 2.60. The molecule has 4 saturated carbocycles. The van der Waals surface area contributed by atoms with Crippen LogP contribution in [0.4, 0.5) is 0 Å². The number of hydrogen-bond donors (Lipinski definition) is 15. The molecule has 10 aliphatic rings. The van der Waals surface area contributed by atoms with Gasteiger partial charge in [0, 0.05) is 35.2 Å². The average Bonchev–Trinajstić information content (AvgIpc) is 0.732. The number of aromatic hydroxyl groups is 6. The van der Waals surface area contributed by atoms with E-state index in [1.807, 2.05) is 0 Å². The predicted octanol–water partition coefficient (Wildman–Crippen LogP) is 7.29. The molecule has 7 aromatic rings. The summed E-state index contributed by atoms with van der Waals surface area (Å²) in [7, 11) is 0. The number of ether oxygens (including phenoxy) is 3. The second-order valence-electron chi connectivity index (χ2n) is 25.8. The SMILES string of the molecule is O=C1N[C@H]2C(=O)N[C@H]3C(=O)N[C@H](C(=O)N[C@H](C(=O)O)c4cc(O)cc(O)c4-c4cc3ccc4O)[C@H](O)c3ccc(c(Cl)c3)Oc3cc2cc(c3O)Oc2ccc(cc2Cl)C[C@H]2NC(=O)[C@H](NOC(=O)C34CC5CC(CC(C5)C3)C4)c3ccc(O)c(c3)Oc3cc(O)cc(c3)[C@@H]1NC2=O. The number of aliphatic hydroxyl groups excluding tert-OH is 1. The standard InChI is InChI=1S/C69H59Cl2N7O20/c70-41-12-27-1-7-47(41)96-50-19-35-20-51(60(50)85)97-48-8-4-33(17-42(48)71)59(84)58-66(91)76-57(67(92)93)40-22-37(80)23-46(83)52(40)39-16-31(2-5-44(39)81)53(62(87)77-58)74-64(89)55(35)75-63(88)54-34-14-36(79)21-38(15-34)95-49-18-32(3-6-45(49)82)56(65(90)72-43(13-27)61(86)73-54)78-98-68(94)69-24-28-9-29(25-69)11-30(10-28)26-69/h1-8,12,14-23,28-30,43,53-59,78-85H,9-11,13,24-26H2,(H,72,90)(H,73,86)(H,74,89)(H,75,88)(H,76,91)(H,77,87)(H,92,93)/t28?,29?,30?,43-,53-,54+,55-,56-,57+,58+,59-,69?/m1/s1. The minimum Gasteiger partial charge on any atom is -0.508 e. The number of carboxylic acids is 1. The maximum absolute atomic E-state index is 15.9. The van der Waals surface area contributed by atoms with Crippen LogP contribution < -0.4 is 51.6 Å². The summed E-state index contributed by atoms with van der Waals surface area (Å²) in [6, 6.07) is 7.84. The van der Waals surface area contributed by atoms with E-state index in [0.29, 0.717) is 37.0 Å². The Morgan fingerprint density at radius 1 is 0.510 bits per heavy atom. The van der Waals surface area contributed by atoms with E-state index < -0.39 is 170 Å². The molecule has 98 heavy (non-hydrogen) atoms. The van der Waals surface area contributed by atoms with Crippen molar-refractivity contribution < 1.29 is 98.3 Å². The number of carbonyl (C=O) groups excluding carboxylic acids is 7. The van der Waals surface area contributed by atoms with Gasteiger partial charge in [0.15, 0.2) is 29.0 Å². The number of phenolic OH excluding ortho intramolecular Hbond substituents is 6. The molecule has 7 aromatic carbocycles. The van der Waals surface area contributed by atoms with E-state index in [1.165, 1.54) is 54.6 Å². The average molecular weight is 1380 g/mol. The summed E-state index contributed by atoms with van der Waals surface area (Å²) in [6.45, 7) is 0. The number of hydrogen-bond acceptors (Lipinski definition) is 20. The molecule has 4 fully saturated rings. The van der Waals surface area contributed by atoms with Gasteiger partial charge in [0.25, 0.3) is 0 Å². The molecule has 6 aliphatic heterocycles. The van der Waals surface area contributed by atoms with Crippen LogP contribution in [0.1, 0.15) is 114 Å². The molecule has 27 nitrogen and oxygen atoms in total. The van der Waals surface area contributed by atoms with Gasteiger partial charge in [-0.1, -0.05) is 47.5 Å². The zero-order valence-electron chi connectivity index (χ0n) is 51.0. The Balaban J connectivity index is 0.920. The van der Waals surface area contributed by atoms with Crippen molar-refractivity contribution in [3.63, 3.8) is 0 Å². The summed E-state index contributed by atoms with van der Waals surface area (Å²) >= 11 is 13.9. The lowest BCUT2D eigenvalue weighted by Gasteiger charge is -2.55. The van der Waals surface area contributed by atoms with Gasteiger partial charge in [0.2, 0.25) is 41.2 Å². The summed E-state index contributed by atoms with van der Waals surface area (Å²) < 4.78 is 18.7. The van der Waals surface area contributed by atoms with Crippen molar-refractivity contribution in [2.45, 2.75) is 93.3 Å². The molecule has 0 radical (unpaired) electrons. The van der Waals surface area contributed by atoms with E-state index in [-0.39, 0.29) is 66.4 Å². The molecule has 504 valence electrons. The second kappa shape index (κ2) is 24.9. The molecular weight excluding hydrogens is 1320 g/mol. The molecule has 0 spiro atoms. The molecule has 0 unspecified atom stereocenters. The molecule has 21 bridgehead atoms. The van der Waals surface area contributed by atoms with Crippen molar-refractivity contribution in [3.8, 4) is 80.1 Å². The van der Waals surface area contributed by atoms with Gasteiger partial charge in [-0.15, -0.1) is 5.48 Å². The first-order chi connectivity index (χ1) is 46.8. The first kappa shape index (κ1) is 64.3. The highest BCUT2D eigenvalue weighted by Gasteiger charge is 2.56. The molecule has 29 heteroatoms. The van der Waals surface area contributed by atoms with Crippen molar-refractivity contribution >= 4 is 70.6 Å². The normalized spacial score (nSPS) is 26.2. The first-order valence-electron chi connectivity index (χ1n) is 31.1. The molecule has 4 aliphatic carbocycles. The Kier molecular flexibility index (Phi) is 16.3. The third-order valence-corrected chi connectivity index (χ3v) is 19.7. The van der Waals surface area contributed by atoms with E-state index in [9.17, 15) is 55.2 Å². The summed E-state index contributed by atoms with van der Waals surface area (Å²) in [5, 5.41) is 106. The largest absolute Gasteiger partial charge is 0.508 e. The van der Waals surface area contributed by atoms with Crippen molar-refractivity contribution in [1.29, 1.82) is 0 Å². The van der Waals surface area contributed by atoms with Crippen molar-refractivity contribution in [2.75, 3.05) is 0 Å². The predicted molar refractivity (Wildman–Crippen MR) is 341 cm³/mol. The minimum absolute atomic E-state index is 0.0670. The molecule has 6 heterocycles. The van der Waals surface area contributed by atoms with Gasteiger partial charge in [0.1, 0.15) is 82.6 Å². The molecule has 0 aromatic heterocycles. The number of amides is 6. The lowest BCUT2D eigenvalue weighted by Crippen LogP contribution is -2.55. The number of phenols is 6. The van der Waals surface area contributed by atoms with Gasteiger partial charge in [-0.05, 0) is 169 Å². The van der Waals surface area contributed by atoms with Crippen LogP contribution in [-0.2, 0) is 49.6 Å². The molecule has 0 saturated heterocycles. The van der Waals surface area contributed by atoms with Gasteiger partial charge >= 0.3 is 11.9 Å². The van der Waals surface area contributed by atoms with E-state index in [2.05, 4.69) is 37.4 Å². The summed E-state index contributed by atoms with van der Waals surface area (Å²) in [6.07, 6.45) is 2.34. The maximum Gasteiger partial charge on any atom is 0.330 e. The first-order valence-corrected chi connectivity index (χ1v) is 31.8. The Labute approximate surface area is 564 Å². The van der Waals surface area contributed by atoms with E-state index in [4.69, 9.17) is 42.3 Å². The third kappa shape index (κ3) is 12.1. The highest BCUT2D eigenvalue weighted by molar-refractivity contribution is 6.32. The smallest absolute Gasteiger partial charge is 0.330 e. The Morgan fingerprint density at radius 2 is 1.08 bits per heavy atom. The number of aliphatic carboxylic acids is 1. The molecule has 17 rings (SSSR count). The zero-order valence-corrected chi connectivity index (χ0v) is 52.5. The van der Waals surface area contributed by atoms with Gasteiger partial charge in [-0.25, -0.2) is 9.59 Å². The topological polar surface area (TPSA) is 420 Å². The maximum atomic E-state index is 15.9. The van der Waals surface area contributed by atoms with Gasteiger partial charge in [0.05, 0.1) is 15.5 Å². The molecular formula is C69H59Cl2N7O20. The van der Waals surface area contributed by atoms with Gasteiger partial charge in [-0.3, -0.25) is 28.8 Å². The number of aliphatic hydroxyl groups is 1.